The number of sulfonamides is 1. The highest BCUT2D eigenvalue weighted by Gasteiger charge is 2.35. The van der Waals surface area contributed by atoms with Crippen molar-refractivity contribution in [1.29, 1.82) is 0 Å². The van der Waals surface area contributed by atoms with E-state index >= 15 is 0 Å². The van der Waals surface area contributed by atoms with E-state index in [1.54, 1.807) is 17.0 Å². The number of anilines is 1. The second kappa shape index (κ2) is 11.6. The first kappa shape index (κ1) is 27.6. The number of benzene rings is 3. The molecule has 38 heavy (non-hydrogen) atoms. The smallest absolute Gasteiger partial charge is 0.265 e. The normalized spacial score (nSPS) is 15.3. The zero-order valence-corrected chi connectivity index (χ0v) is 23.4. The summed E-state index contributed by atoms with van der Waals surface area (Å²) in [6.07, 6.45) is 1.76. The van der Waals surface area contributed by atoms with E-state index in [1.807, 2.05) is 76.2 Å². The minimum atomic E-state index is -3.68. The minimum absolute atomic E-state index is 0.0113. The lowest BCUT2D eigenvalue weighted by Gasteiger charge is -2.32. The van der Waals surface area contributed by atoms with Gasteiger partial charge < -0.3 is 10.2 Å². The molecule has 0 unspecified atom stereocenters. The molecule has 0 aliphatic carbocycles. The Balaban J connectivity index is 1.52. The van der Waals surface area contributed by atoms with Crippen LogP contribution in [0.5, 0.6) is 0 Å². The van der Waals surface area contributed by atoms with Gasteiger partial charge in [0.25, 0.3) is 10.0 Å². The number of amides is 2. The number of carbonyl (C=O) groups is 2. The number of hydrogen-bond acceptors (Lipinski definition) is 4. The molecule has 202 valence electrons. The fourth-order valence-electron chi connectivity index (χ4n) is 5.08. The highest BCUT2D eigenvalue weighted by molar-refractivity contribution is 7.93. The van der Waals surface area contributed by atoms with Gasteiger partial charge in [0.15, 0.2) is 0 Å². The zero-order valence-electron chi connectivity index (χ0n) is 22.6. The Morgan fingerprint density at radius 2 is 1.71 bits per heavy atom. The monoisotopic (exact) mass is 535 g/mol. The van der Waals surface area contributed by atoms with Crippen LogP contribution in [0.4, 0.5) is 5.69 Å². The first-order valence-corrected chi connectivity index (χ1v) is 14.8. The van der Waals surface area contributed by atoms with Crippen molar-refractivity contribution in [2.75, 3.05) is 10.8 Å². The maximum Gasteiger partial charge on any atom is 0.265 e. The highest BCUT2D eigenvalue weighted by atomic mass is 32.2. The van der Waals surface area contributed by atoms with Crippen LogP contribution < -0.4 is 9.62 Å². The minimum Gasteiger partial charge on any atom is -0.352 e. The van der Waals surface area contributed by atoms with Crippen molar-refractivity contribution in [1.82, 2.24) is 10.2 Å². The molecule has 8 heteroatoms. The Hall–Kier alpha value is -3.39. The van der Waals surface area contributed by atoms with Gasteiger partial charge in [-0.3, -0.25) is 13.9 Å². The van der Waals surface area contributed by atoms with Gasteiger partial charge in [-0.05, 0) is 56.2 Å². The number of nitrogens with one attached hydrogen (secondary N) is 1. The van der Waals surface area contributed by atoms with Crippen LogP contribution in [0.15, 0.2) is 65.6 Å². The number of rotatable bonds is 11. The van der Waals surface area contributed by atoms with E-state index in [4.69, 9.17) is 0 Å². The standard InChI is InChI=1S/C30H37N3O4S/c1-5-22(4)31-30(35)25(6-2)32(20-23-12-7-11-21(3)19-23)28(34)17-10-18-33-26-15-8-13-24-14-9-16-27(29(24)26)38(33,36)37/h7-9,11-16,19,22,25H,5-6,10,17-18,20H2,1-4H3,(H,31,35)/t22-,25-/m0/s1. The van der Waals surface area contributed by atoms with Gasteiger partial charge in [0.1, 0.15) is 6.04 Å². The van der Waals surface area contributed by atoms with Crippen LogP contribution in [0.3, 0.4) is 0 Å². The molecule has 3 aromatic rings. The fourth-order valence-corrected chi connectivity index (χ4v) is 6.83. The van der Waals surface area contributed by atoms with Gasteiger partial charge in [-0.1, -0.05) is 67.9 Å². The van der Waals surface area contributed by atoms with Crippen molar-refractivity contribution in [2.24, 2.45) is 0 Å². The summed E-state index contributed by atoms with van der Waals surface area (Å²) in [5.41, 5.74) is 2.69. The maximum atomic E-state index is 13.6. The SMILES string of the molecule is CC[C@H](C)NC(=O)[C@H](CC)N(Cc1cccc(C)c1)C(=O)CCCN1c2cccc3cccc(c23)S1(=O)=O. The molecule has 1 N–H and O–H groups in total. The predicted molar refractivity (Wildman–Crippen MR) is 151 cm³/mol. The summed E-state index contributed by atoms with van der Waals surface area (Å²) in [5, 5.41) is 4.64. The van der Waals surface area contributed by atoms with Crippen LogP contribution in [0.2, 0.25) is 0 Å². The zero-order chi connectivity index (χ0) is 27.4. The lowest BCUT2D eigenvalue weighted by molar-refractivity contribution is -0.141. The molecule has 2 atom stereocenters. The third-order valence-corrected chi connectivity index (χ3v) is 9.11. The summed E-state index contributed by atoms with van der Waals surface area (Å²) in [4.78, 5) is 28.7. The van der Waals surface area contributed by atoms with E-state index in [0.717, 1.165) is 28.3 Å². The predicted octanol–water partition coefficient (Wildman–Crippen LogP) is 5.16. The van der Waals surface area contributed by atoms with Crippen molar-refractivity contribution >= 4 is 38.3 Å². The van der Waals surface area contributed by atoms with Gasteiger partial charge in [-0.15, -0.1) is 0 Å². The fraction of sp³-hybridized carbons (Fsp3) is 0.400. The second-order valence-corrected chi connectivity index (χ2v) is 11.9. The molecule has 1 heterocycles. The maximum absolute atomic E-state index is 13.6. The Kier molecular flexibility index (Phi) is 8.41. The van der Waals surface area contributed by atoms with E-state index in [9.17, 15) is 18.0 Å². The van der Waals surface area contributed by atoms with Gasteiger partial charge in [0, 0.05) is 30.9 Å². The number of aryl methyl sites for hydroxylation is 1. The summed E-state index contributed by atoms with van der Waals surface area (Å²) in [7, 11) is -3.68. The summed E-state index contributed by atoms with van der Waals surface area (Å²) in [6, 6.07) is 18.2. The average molecular weight is 536 g/mol. The Bertz CT molecular complexity index is 1430. The Morgan fingerprint density at radius 3 is 2.39 bits per heavy atom. The summed E-state index contributed by atoms with van der Waals surface area (Å²) < 4.78 is 28.0. The molecular formula is C30H37N3O4S. The average Bonchev–Trinajstić information content (AvgIpc) is 3.11. The number of nitrogens with zero attached hydrogens (tertiary/aromatic N) is 2. The third kappa shape index (κ3) is 5.55. The van der Waals surface area contributed by atoms with Crippen molar-refractivity contribution in [2.45, 2.75) is 76.9 Å². The first-order valence-electron chi connectivity index (χ1n) is 13.4. The summed E-state index contributed by atoms with van der Waals surface area (Å²) >= 11 is 0. The largest absolute Gasteiger partial charge is 0.352 e. The summed E-state index contributed by atoms with van der Waals surface area (Å²) in [6.45, 7) is 8.37. The van der Waals surface area contributed by atoms with Crippen molar-refractivity contribution in [3.63, 3.8) is 0 Å². The van der Waals surface area contributed by atoms with Crippen molar-refractivity contribution in [3.05, 3.63) is 71.8 Å². The molecule has 1 aliphatic rings. The first-order chi connectivity index (χ1) is 18.2. The quantitative estimate of drug-likeness (QED) is 0.368. The topological polar surface area (TPSA) is 86.8 Å². The molecule has 3 aromatic carbocycles. The lowest BCUT2D eigenvalue weighted by atomic mass is 10.1. The van der Waals surface area contributed by atoms with Crippen molar-refractivity contribution < 1.29 is 18.0 Å². The molecule has 0 fully saturated rings. The molecule has 0 saturated heterocycles. The molecule has 4 rings (SSSR count). The van der Waals surface area contributed by atoms with Crippen LogP contribution in [-0.2, 0) is 26.2 Å². The number of carbonyl (C=O) groups excluding carboxylic acids is 2. The van der Waals surface area contributed by atoms with Crippen LogP contribution in [0.25, 0.3) is 10.8 Å². The Morgan fingerprint density at radius 1 is 1.00 bits per heavy atom. The van der Waals surface area contributed by atoms with E-state index in [2.05, 4.69) is 5.32 Å². The molecule has 2 amide bonds. The van der Waals surface area contributed by atoms with Gasteiger partial charge in [-0.2, -0.15) is 0 Å². The molecule has 0 spiro atoms. The molecule has 0 bridgehead atoms. The van der Waals surface area contributed by atoms with Crippen LogP contribution >= 0.6 is 0 Å². The van der Waals surface area contributed by atoms with Crippen LogP contribution in [-0.4, -0.2) is 43.8 Å². The van der Waals surface area contributed by atoms with E-state index in [1.165, 1.54) is 4.31 Å². The Labute approximate surface area is 225 Å². The number of hydrogen-bond donors (Lipinski definition) is 1. The summed E-state index contributed by atoms with van der Waals surface area (Å²) in [5.74, 6) is -0.322. The molecule has 0 saturated carbocycles. The van der Waals surface area contributed by atoms with Crippen LogP contribution in [0, 0.1) is 6.92 Å². The molecular weight excluding hydrogens is 498 g/mol. The van der Waals surface area contributed by atoms with Gasteiger partial charge in [-0.25, -0.2) is 8.42 Å². The third-order valence-electron chi connectivity index (χ3n) is 7.26. The second-order valence-electron chi connectivity index (χ2n) is 10.1. The van der Waals surface area contributed by atoms with E-state index in [0.29, 0.717) is 30.0 Å². The van der Waals surface area contributed by atoms with Gasteiger partial charge in [0.2, 0.25) is 11.8 Å². The molecule has 0 aromatic heterocycles. The molecule has 1 aliphatic heterocycles. The van der Waals surface area contributed by atoms with E-state index in [-0.39, 0.29) is 30.8 Å². The molecule has 0 radical (unpaired) electrons. The van der Waals surface area contributed by atoms with Crippen molar-refractivity contribution in [3.8, 4) is 0 Å². The van der Waals surface area contributed by atoms with Gasteiger partial charge >= 0.3 is 0 Å². The lowest BCUT2D eigenvalue weighted by Crippen LogP contribution is -2.50. The van der Waals surface area contributed by atoms with Gasteiger partial charge in [0.05, 0.1) is 10.6 Å². The van der Waals surface area contributed by atoms with E-state index < -0.39 is 16.1 Å². The van der Waals surface area contributed by atoms with Crippen LogP contribution in [0.1, 0.15) is 57.6 Å². The molecule has 7 nitrogen and oxygen atoms in total. The highest BCUT2D eigenvalue weighted by Crippen LogP contribution is 2.42.